The normalized spacial score (nSPS) is 12.7. The maximum atomic E-state index is 10.2. The van der Waals surface area contributed by atoms with Crippen molar-refractivity contribution in [2.24, 2.45) is 0 Å². The predicted octanol–water partition coefficient (Wildman–Crippen LogP) is 4.28. The first-order valence-corrected chi connectivity index (χ1v) is 9.08. The Bertz CT molecular complexity index is 425. The van der Waals surface area contributed by atoms with E-state index in [1.807, 2.05) is 24.3 Å². The molecule has 1 aromatic rings. The van der Waals surface area contributed by atoms with Crippen LogP contribution in [0.4, 0.5) is 0 Å². The Labute approximate surface area is 111 Å². The lowest BCUT2D eigenvalue weighted by Gasteiger charge is -2.36. The van der Waals surface area contributed by atoms with Gasteiger partial charge in [0, 0.05) is 0 Å². The fraction of sp³-hybridized carbons (Fsp3) is 0.400. The lowest BCUT2D eigenvalue weighted by molar-refractivity contribution is -0.104. The van der Waals surface area contributed by atoms with E-state index >= 15 is 0 Å². The molecule has 0 aliphatic carbocycles. The van der Waals surface area contributed by atoms with Gasteiger partial charge in [0.05, 0.1) is 0 Å². The molecule has 1 rings (SSSR count). The summed E-state index contributed by atoms with van der Waals surface area (Å²) >= 11 is 0. The van der Waals surface area contributed by atoms with Crippen molar-refractivity contribution in [3.8, 4) is 5.75 Å². The lowest BCUT2D eigenvalue weighted by atomic mass is 10.2. The van der Waals surface area contributed by atoms with Crippen LogP contribution in [0.3, 0.4) is 0 Å². The van der Waals surface area contributed by atoms with Crippen LogP contribution in [0.5, 0.6) is 5.75 Å². The van der Waals surface area contributed by atoms with Crippen LogP contribution < -0.4 is 4.43 Å². The lowest BCUT2D eigenvalue weighted by Crippen LogP contribution is -2.43. The standard InChI is InChI=1S/C15H22O2Si/c1-15(2,3)18(4,5)17-14-10-8-13(9-11-14)7-6-12-16/h6-12H,1-5H3. The number of carbonyl (C=O) groups excluding carboxylic acids is 1. The molecule has 0 aliphatic heterocycles. The molecule has 0 fully saturated rings. The summed E-state index contributed by atoms with van der Waals surface area (Å²) < 4.78 is 6.17. The van der Waals surface area contributed by atoms with E-state index in [-0.39, 0.29) is 5.04 Å². The molecular formula is C15H22O2Si. The van der Waals surface area contributed by atoms with Crippen LogP contribution in [0.1, 0.15) is 26.3 Å². The highest BCUT2D eigenvalue weighted by Gasteiger charge is 2.38. The summed E-state index contributed by atoms with van der Waals surface area (Å²) in [6, 6.07) is 7.85. The average Bonchev–Trinajstić information content (AvgIpc) is 2.26. The molecule has 0 spiro atoms. The Morgan fingerprint density at radius 2 is 1.67 bits per heavy atom. The minimum atomic E-state index is -1.76. The van der Waals surface area contributed by atoms with Crippen molar-refractivity contribution in [1.29, 1.82) is 0 Å². The number of rotatable bonds is 4. The molecule has 0 amide bonds. The predicted molar refractivity (Wildman–Crippen MR) is 79.4 cm³/mol. The van der Waals surface area contributed by atoms with Gasteiger partial charge in [0.25, 0.3) is 0 Å². The highest BCUT2D eigenvalue weighted by Crippen LogP contribution is 2.37. The summed E-state index contributed by atoms with van der Waals surface area (Å²) in [5.41, 5.74) is 1.00. The van der Waals surface area contributed by atoms with Crippen molar-refractivity contribution in [1.82, 2.24) is 0 Å². The molecule has 0 radical (unpaired) electrons. The summed E-state index contributed by atoms with van der Waals surface area (Å²) in [7, 11) is -1.76. The molecule has 0 saturated carbocycles. The number of allylic oxidation sites excluding steroid dienone is 1. The van der Waals surface area contributed by atoms with Crippen LogP contribution in [0, 0.1) is 0 Å². The largest absolute Gasteiger partial charge is 0.544 e. The third kappa shape index (κ3) is 3.84. The third-order valence-electron chi connectivity index (χ3n) is 3.43. The molecule has 0 N–H and O–H groups in total. The van der Waals surface area contributed by atoms with E-state index in [9.17, 15) is 4.79 Å². The van der Waals surface area contributed by atoms with Crippen LogP contribution in [0.25, 0.3) is 6.08 Å². The molecule has 0 aromatic heterocycles. The summed E-state index contributed by atoms with van der Waals surface area (Å²) in [6.45, 7) is 11.1. The summed E-state index contributed by atoms with van der Waals surface area (Å²) in [6.07, 6.45) is 4.05. The molecule has 1 aromatic carbocycles. The van der Waals surface area contributed by atoms with Gasteiger partial charge in [-0.25, -0.2) is 0 Å². The van der Waals surface area contributed by atoms with Gasteiger partial charge in [0.2, 0.25) is 8.32 Å². The summed E-state index contributed by atoms with van der Waals surface area (Å²) in [4.78, 5) is 10.2. The van der Waals surface area contributed by atoms with Crippen LogP contribution in [-0.2, 0) is 4.79 Å². The van der Waals surface area contributed by atoms with Crippen LogP contribution >= 0.6 is 0 Å². The van der Waals surface area contributed by atoms with E-state index < -0.39 is 8.32 Å². The van der Waals surface area contributed by atoms with E-state index in [0.29, 0.717) is 0 Å². The zero-order valence-corrected chi connectivity index (χ0v) is 12.9. The van der Waals surface area contributed by atoms with Crippen molar-refractivity contribution in [2.45, 2.75) is 38.9 Å². The van der Waals surface area contributed by atoms with Gasteiger partial charge in [-0.2, -0.15) is 0 Å². The smallest absolute Gasteiger partial charge is 0.250 e. The molecule has 0 aliphatic rings. The molecule has 0 bridgehead atoms. The molecule has 0 atom stereocenters. The van der Waals surface area contributed by atoms with Crippen molar-refractivity contribution in [3.05, 3.63) is 35.9 Å². The minimum Gasteiger partial charge on any atom is -0.544 e. The fourth-order valence-electron chi connectivity index (χ4n) is 1.25. The van der Waals surface area contributed by atoms with E-state index in [2.05, 4.69) is 33.9 Å². The number of aldehydes is 1. The van der Waals surface area contributed by atoms with Gasteiger partial charge in [-0.1, -0.05) is 39.0 Å². The Balaban J connectivity index is 2.81. The first kappa shape index (κ1) is 14.7. The van der Waals surface area contributed by atoms with Crippen molar-refractivity contribution in [3.63, 3.8) is 0 Å². The maximum Gasteiger partial charge on any atom is 0.250 e. The topological polar surface area (TPSA) is 26.3 Å². The molecule has 0 unspecified atom stereocenters. The van der Waals surface area contributed by atoms with Gasteiger partial charge in [-0.3, -0.25) is 4.79 Å². The summed E-state index contributed by atoms with van der Waals surface area (Å²) in [5, 5.41) is 0.198. The van der Waals surface area contributed by atoms with Gasteiger partial charge in [-0.15, -0.1) is 0 Å². The van der Waals surface area contributed by atoms with Gasteiger partial charge >= 0.3 is 0 Å². The van der Waals surface area contributed by atoms with Crippen LogP contribution in [0.15, 0.2) is 30.3 Å². The number of hydrogen-bond acceptors (Lipinski definition) is 2. The highest BCUT2D eigenvalue weighted by atomic mass is 28.4. The molecule has 2 nitrogen and oxygen atoms in total. The zero-order valence-electron chi connectivity index (χ0n) is 11.9. The Hall–Kier alpha value is -1.35. The van der Waals surface area contributed by atoms with E-state index in [1.165, 1.54) is 6.08 Å². The number of carbonyl (C=O) groups is 1. The first-order chi connectivity index (χ1) is 8.26. The number of benzene rings is 1. The molecular weight excluding hydrogens is 240 g/mol. The highest BCUT2D eigenvalue weighted by molar-refractivity contribution is 6.74. The first-order valence-electron chi connectivity index (χ1n) is 6.17. The number of hydrogen-bond donors (Lipinski definition) is 0. The minimum absolute atomic E-state index is 0.198. The molecule has 98 valence electrons. The molecule has 0 heterocycles. The Morgan fingerprint density at radius 1 is 1.11 bits per heavy atom. The Morgan fingerprint density at radius 3 is 2.11 bits per heavy atom. The SMILES string of the molecule is CC(C)(C)[Si](C)(C)Oc1ccc(C=CC=O)cc1. The van der Waals surface area contributed by atoms with E-state index in [1.54, 1.807) is 6.08 Å². The quantitative estimate of drug-likeness (QED) is 0.460. The third-order valence-corrected chi connectivity index (χ3v) is 7.78. The van der Waals surface area contributed by atoms with E-state index in [4.69, 9.17) is 4.43 Å². The Kier molecular flexibility index (Phi) is 4.51. The van der Waals surface area contributed by atoms with Crippen LogP contribution in [-0.4, -0.2) is 14.6 Å². The fourth-order valence-corrected chi connectivity index (χ4v) is 2.28. The van der Waals surface area contributed by atoms with Gasteiger partial charge in [0.15, 0.2) is 0 Å². The second-order valence-corrected chi connectivity index (χ2v) is 10.7. The maximum absolute atomic E-state index is 10.2. The van der Waals surface area contributed by atoms with Gasteiger partial charge < -0.3 is 4.43 Å². The second kappa shape index (κ2) is 5.53. The van der Waals surface area contributed by atoms with Gasteiger partial charge in [-0.05, 0) is 41.9 Å². The molecule has 3 heteroatoms. The molecule has 0 saturated heterocycles. The van der Waals surface area contributed by atoms with Crippen molar-refractivity contribution < 1.29 is 9.22 Å². The van der Waals surface area contributed by atoms with Crippen molar-refractivity contribution in [2.75, 3.05) is 0 Å². The van der Waals surface area contributed by atoms with Crippen LogP contribution in [0.2, 0.25) is 18.1 Å². The summed E-state index contributed by atoms with van der Waals surface area (Å²) in [5.74, 6) is 0.907. The average molecular weight is 262 g/mol. The molecule has 18 heavy (non-hydrogen) atoms. The monoisotopic (exact) mass is 262 g/mol. The zero-order chi connectivity index (χ0) is 13.8. The van der Waals surface area contributed by atoms with Gasteiger partial charge in [0.1, 0.15) is 12.0 Å². The van der Waals surface area contributed by atoms with E-state index in [0.717, 1.165) is 17.6 Å². The second-order valence-electron chi connectivity index (χ2n) is 5.93. The van der Waals surface area contributed by atoms with Crippen molar-refractivity contribution >= 4 is 20.7 Å².